The quantitative estimate of drug-likeness (QED) is 0.823. The molecule has 2 heterocycles. The van der Waals surface area contributed by atoms with E-state index in [1.54, 1.807) is 6.20 Å². The summed E-state index contributed by atoms with van der Waals surface area (Å²) in [6.07, 6.45) is 5.80. The van der Waals surface area contributed by atoms with E-state index in [4.69, 9.17) is 10.5 Å². The second-order valence-electron chi connectivity index (χ2n) is 5.12. The van der Waals surface area contributed by atoms with E-state index in [2.05, 4.69) is 12.0 Å². The third-order valence-electron chi connectivity index (χ3n) is 3.90. The van der Waals surface area contributed by atoms with Crippen molar-refractivity contribution in [1.29, 1.82) is 0 Å². The van der Waals surface area contributed by atoms with Gasteiger partial charge >= 0.3 is 0 Å². The number of nitrogens with two attached hydrogens (primary N) is 1. The van der Waals surface area contributed by atoms with Gasteiger partial charge in [-0.1, -0.05) is 6.92 Å². The third kappa shape index (κ3) is 2.58. The Morgan fingerprint density at radius 2 is 2.28 bits per heavy atom. The minimum atomic E-state index is -0.544. The summed E-state index contributed by atoms with van der Waals surface area (Å²) in [6, 6.07) is 0. The molecule has 1 aromatic heterocycles. The number of aliphatic hydroxyl groups excluding tert-OH is 1. The molecule has 0 amide bonds. The van der Waals surface area contributed by atoms with Crippen molar-refractivity contribution in [2.24, 2.45) is 11.1 Å². The number of nitrogens with zero attached hydrogens (tertiary/aromatic N) is 2. The highest BCUT2D eigenvalue weighted by Crippen LogP contribution is 2.41. The first-order valence-electron chi connectivity index (χ1n) is 6.70. The van der Waals surface area contributed by atoms with Crippen molar-refractivity contribution in [3.63, 3.8) is 0 Å². The van der Waals surface area contributed by atoms with E-state index in [1.807, 2.05) is 10.9 Å². The summed E-state index contributed by atoms with van der Waals surface area (Å²) in [6.45, 7) is 4.83. The fraction of sp³-hybridized carbons (Fsp3) is 0.769. The van der Waals surface area contributed by atoms with E-state index in [9.17, 15) is 5.11 Å². The van der Waals surface area contributed by atoms with E-state index >= 15 is 0 Å². The highest BCUT2D eigenvalue weighted by Gasteiger charge is 2.39. The minimum Gasteiger partial charge on any atom is -0.388 e. The molecular weight excluding hydrogens is 230 g/mol. The zero-order valence-electron chi connectivity index (χ0n) is 11.0. The van der Waals surface area contributed by atoms with Gasteiger partial charge in [0.2, 0.25) is 0 Å². The largest absolute Gasteiger partial charge is 0.388 e. The lowest BCUT2D eigenvalue weighted by atomic mass is 9.73. The maximum atomic E-state index is 10.6. The number of rotatable bonds is 5. The summed E-state index contributed by atoms with van der Waals surface area (Å²) in [7, 11) is 0. The van der Waals surface area contributed by atoms with Crippen LogP contribution in [0.15, 0.2) is 12.4 Å². The minimum absolute atomic E-state index is 0.252. The molecule has 102 valence electrons. The van der Waals surface area contributed by atoms with Crippen molar-refractivity contribution in [2.75, 3.05) is 19.8 Å². The van der Waals surface area contributed by atoms with Crippen LogP contribution in [0.5, 0.6) is 0 Å². The molecule has 1 unspecified atom stereocenters. The first-order chi connectivity index (χ1) is 8.72. The van der Waals surface area contributed by atoms with Gasteiger partial charge < -0.3 is 15.6 Å². The predicted octanol–water partition coefficient (Wildman–Crippen LogP) is 1.08. The van der Waals surface area contributed by atoms with E-state index < -0.39 is 6.10 Å². The summed E-state index contributed by atoms with van der Waals surface area (Å²) in [4.78, 5) is 0. The Balaban J connectivity index is 2.14. The number of aryl methyl sites for hydroxylation is 1. The Kier molecular flexibility index (Phi) is 4.37. The zero-order chi connectivity index (χ0) is 13.0. The van der Waals surface area contributed by atoms with Crippen molar-refractivity contribution >= 4 is 0 Å². The standard InChI is InChI=1S/C13H23N3O2/c1-2-5-16-9-11(8-15-16)12(17)13(10-14)3-6-18-7-4-13/h8-9,12,17H,2-7,10,14H2,1H3. The summed E-state index contributed by atoms with van der Waals surface area (Å²) in [5.74, 6) is 0. The first kappa shape index (κ1) is 13.5. The smallest absolute Gasteiger partial charge is 0.0890 e. The molecule has 0 aromatic carbocycles. The molecule has 1 atom stereocenters. The number of ether oxygens (including phenoxy) is 1. The maximum Gasteiger partial charge on any atom is 0.0890 e. The topological polar surface area (TPSA) is 73.3 Å². The van der Waals surface area contributed by atoms with Gasteiger partial charge in [0.15, 0.2) is 0 Å². The molecule has 2 rings (SSSR count). The van der Waals surface area contributed by atoms with Crippen molar-refractivity contribution in [3.05, 3.63) is 18.0 Å². The van der Waals surface area contributed by atoms with Gasteiger partial charge in [-0.05, 0) is 19.3 Å². The molecule has 1 aliphatic rings. The van der Waals surface area contributed by atoms with Crippen LogP contribution < -0.4 is 5.73 Å². The lowest BCUT2D eigenvalue weighted by molar-refractivity contribution is -0.0581. The lowest BCUT2D eigenvalue weighted by Gasteiger charge is -2.39. The van der Waals surface area contributed by atoms with Crippen molar-refractivity contribution in [3.8, 4) is 0 Å². The number of hydrogen-bond donors (Lipinski definition) is 2. The molecular formula is C13H23N3O2. The zero-order valence-corrected chi connectivity index (χ0v) is 11.0. The second-order valence-corrected chi connectivity index (χ2v) is 5.12. The monoisotopic (exact) mass is 253 g/mol. The van der Waals surface area contributed by atoms with Gasteiger partial charge in [-0.3, -0.25) is 4.68 Å². The SMILES string of the molecule is CCCn1cc(C(O)C2(CN)CCOCC2)cn1. The highest BCUT2D eigenvalue weighted by molar-refractivity contribution is 5.13. The fourth-order valence-electron chi connectivity index (χ4n) is 2.59. The van der Waals surface area contributed by atoms with Gasteiger partial charge in [0.1, 0.15) is 0 Å². The highest BCUT2D eigenvalue weighted by atomic mass is 16.5. The Morgan fingerprint density at radius 1 is 1.56 bits per heavy atom. The van der Waals surface area contributed by atoms with E-state index in [1.165, 1.54) is 0 Å². The van der Waals surface area contributed by atoms with Gasteiger partial charge in [-0.15, -0.1) is 0 Å². The molecule has 1 fully saturated rings. The number of aromatic nitrogens is 2. The molecule has 1 aliphatic heterocycles. The Morgan fingerprint density at radius 3 is 2.89 bits per heavy atom. The van der Waals surface area contributed by atoms with Gasteiger partial charge in [0.05, 0.1) is 12.3 Å². The van der Waals surface area contributed by atoms with Crippen LogP contribution in [0.1, 0.15) is 37.9 Å². The molecule has 5 nitrogen and oxygen atoms in total. The third-order valence-corrected chi connectivity index (χ3v) is 3.90. The van der Waals surface area contributed by atoms with Gasteiger partial charge in [0.25, 0.3) is 0 Å². The average Bonchev–Trinajstić information content (AvgIpc) is 2.87. The van der Waals surface area contributed by atoms with Crippen molar-refractivity contribution < 1.29 is 9.84 Å². The van der Waals surface area contributed by atoms with Crippen LogP contribution in [0.25, 0.3) is 0 Å². The van der Waals surface area contributed by atoms with E-state index in [0.717, 1.165) is 31.4 Å². The normalized spacial score (nSPS) is 20.8. The Bertz CT molecular complexity index is 372. The molecule has 0 saturated carbocycles. The summed E-state index contributed by atoms with van der Waals surface area (Å²) >= 11 is 0. The molecule has 5 heteroatoms. The summed E-state index contributed by atoms with van der Waals surface area (Å²) in [5, 5.41) is 14.9. The Labute approximate surface area is 108 Å². The summed E-state index contributed by atoms with van der Waals surface area (Å²) in [5.41, 5.74) is 6.52. The van der Waals surface area contributed by atoms with Crippen LogP contribution in [0.4, 0.5) is 0 Å². The van der Waals surface area contributed by atoms with E-state index in [-0.39, 0.29) is 5.41 Å². The van der Waals surface area contributed by atoms with Crippen molar-refractivity contribution in [2.45, 2.75) is 38.8 Å². The lowest BCUT2D eigenvalue weighted by Crippen LogP contribution is -2.41. The predicted molar refractivity (Wildman–Crippen MR) is 69.0 cm³/mol. The molecule has 1 saturated heterocycles. The molecule has 0 bridgehead atoms. The van der Waals surface area contributed by atoms with Crippen LogP contribution in [0.2, 0.25) is 0 Å². The molecule has 18 heavy (non-hydrogen) atoms. The van der Waals surface area contributed by atoms with Gasteiger partial charge in [0, 0.05) is 43.5 Å². The number of hydrogen-bond acceptors (Lipinski definition) is 4. The molecule has 0 aliphatic carbocycles. The second kappa shape index (κ2) is 5.82. The summed E-state index contributed by atoms with van der Waals surface area (Å²) < 4.78 is 7.25. The Hall–Kier alpha value is -0.910. The van der Waals surface area contributed by atoms with Crippen LogP contribution in [-0.2, 0) is 11.3 Å². The van der Waals surface area contributed by atoms with Gasteiger partial charge in [-0.2, -0.15) is 5.10 Å². The van der Waals surface area contributed by atoms with Crippen LogP contribution in [0, 0.1) is 5.41 Å². The molecule has 0 spiro atoms. The van der Waals surface area contributed by atoms with Crippen LogP contribution >= 0.6 is 0 Å². The average molecular weight is 253 g/mol. The van der Waals surface area contributed by atoms with Gasteiger partial charge in [-0.25, -0.2) is 0 Å². The fourth-order valence-corrected chi connectivity index (χ4v) is 2.59. The molecule has 3 N–H and O–H groups in total. The molecule has 0 radical (unpaired) electrons. The maximum absolute atomic E-state index is 10.6. The van der Waals surface area contributed by atoms with Crippen LogP contribution in [-0.4, -0.2) is 34.6 Å². The van der Waals surface area contributed by atoms with E-state index in [0.29, 0.717) is 19.8 Å². The first-order valence-corrected chi connectivity index (χ1v) is 6.70. The van der Waals surface area contributed by atoms with Crippen molar-refractivity contribution in [1.82, 2.24) is 9.78 Å². The molecule has 1 aromatic rings. The van der Waals surface area contributed by atoms with Crippen LogP contribution in [0.3, 0.4) is 0 Å². The number of aliphatic hydroxyl groups is 1.